The van der Waals surface area contributed by atoms with Gasteiger partial charge in [0.15, 0.2) is 0 Å². The molecule has 0 saturated heterocycles. The average Bonchev–Trinajstić information content (AvgIpc) is 2.56. The van der Waals surface area contributed by atoms with Crippen molar-refractivity contribution in [2.45, 2.75) is 45.9 Å². The van der Waals surface area contributed by atoms with Gasteiger partial charge in [0.25, 0.3) is 0 Å². The van der Waals surface area contributed by atoms with E-state index in [-0.39, 0.29) is 5.75 Å². The lowest BCUT2D eigenvalue weighted by Gasteiger charge is -2.28. The Morgan fingerprint density at radius 1 is 1.29 bits per heavy atom. The van der Waals surface area contributed by atoms with Gasteiger partial charge in [-0.3, -0.25) is 4.90 Å². The molecule has 0 atom stereocenters. The van der Waals surface area contributed by atoms with Crippen LogP contribution in [0.5, 0.6) is 5.75 Å². The van der Waals surface area contributed by atoms with Crippen LogP contribution in [0.2, 0.25) is 0 Å². The molecule has 3 rings (SSSR count). The van der Waals surface area contributed by atoms with Crippen LogP contribution in [0.3, 0.4) is 0 Å². The molecule has 0 unspecified atom stereocenters. The molecule has 1 aliphatic rings. The highest BCUT2D eigenvalue weighted by molar-refractivity contribution is 5.33. The first kappa shape index (κ1) is 16.8. The Hall–Kier alpha value is -2.08. The van der Waals surface area contributed by atoms with Crippen LogP contribution in [-0.2, 0) is 25.9 Å². The Labute approximate surface area is 140 Å². The second-order valence-electron chi connectivity index (χ2n) is 5.96. The summed E-state index contributed by atoms with van der Waals surface area (Å²) in [5.41, 5.74) is 3.00. The van der Waals surface area contributed by atoms with Crippen molar-refractivity contribution in [3.63, 3.8) is 0 Å². The minimum absolute atomic E-state index is 0.243. The van der Waals surface area contributed by atoms with E-state index in [1.807, 2.05) is 18.3 Å². The molecule has 0 amide bonds. The van der Waals surface area contributed by atoms with E-state index in [4.69, 9.17) is 0 Å². The van der Waals surface area contributed by atoms with Crippen molar-refractivity contribution in [2.24, 2.45) is 0 Å². The number of fused-ring (bicyclic) bond motifs is 1. The topological polar surface area (TPSA) is 38.2 Å². The van der Waals surface area contributed by atoms with E-state index in [2.05, 4.69) is 26.5 Å². The molecule has 4 nitrogen and oxygen atoms in total. The number of nitrogens with zero attached hydrogens (tertiary/aromatic N) is 3. The second kappa shape index (κ2) is 7.66. The monoisotopic (exact) mass is 333 g/mol. The summed E-state index contributed by atoms with van der Waals surface area (Å²) in [7, 11) is 0. The fourth-order valence-corrected chi connectivity index (χ4v) is 2.98. The Morgan fingerprint density at radius 2 is 2.12 bits per heavy atom. The summed E-state index contributed by atoms with van der Waals surface area (Å²) in [6.07, 6.45) is 4.69. The number of aryl methyl sites for hydroxylation is 1. The van der Waals surface area contributed by atoms with E-state index in [0.29, 0.717) is 6.54 Å². The van der Waals surface area contributed by atoms with E-state index in [1.54, 1.807) is 12.1 Å². The number of benzene rings is 1. The number of hydrogen-bond donors (Lipinski definition) is 0. The number of para-hydroxylation sites is 1. The number of aromatic nitrogens is 2. The highest BCUT2D eigenvalue weighted by Crippen LogP contribution is 2.25. The maximum Gasteiger partial charge on any atom is 0.387 e. The normalized spacial score (nSPS) is 14.7. The summed E-state index contributed by atoms with van der Waals surface area (Å²) >= 11 is 0. The molecular weight excluding hydrogens is 312 g/mol. The average molecular weight is 333 g/mol. The number of halogens is 2. The smallest absolute Gasteiger partial charge is 0.387 e. The zero-order chi connectivity index (χ0) is 16.9. The van der Waals surface area contributed by atoms with Crippen molar-refractivity contribution in [3.8, 4) is 5.75 Å². The third-order valence-electron chi connectivity index (χ3n) is 4.12. The Balaban J connectivity index is 1.70. The molecule has 0 aliphatic carbocycles. The summed E-state index contributed by atoms with van der Waals surface area (Å²) in [4.78, 5) is 11.3. The molecule has 0 bridgehead atoms. The molecule has 6 heteroatoms. The highest BCUT2D eigenvalue weighted by atomic mass is 19.3. The molecule has 0 spiro atoms. The summed E-state index contributed by atoms with van der Waals surface area (Å²) in [5, 5.41) is 0. The van der Waals surface area contributed by atoms with Gasteiger partial charge in [0.1, 0.15) is 11.6 Å². The van der Waals surface area contributed by atoms with E-state index < -0.39 is 6.61 Å². The van der Waals surface area contributed by atoms with Gasteiger partial charge in [-0.15, -0.1) is 0 Å². The summed E-state index contributed by atoms with van der Waals surface area (Å²) in [6.45, 7) is 1.45. The van der Waals surface area contributed by atoms with E-state index >= 15 is 0 Å². The molecular formula is C18H21F2N3O. The van der Waals surface area contributed by atoms with Gasteiger partial charge in [0.05, 0.1) is 0 Å². The minimum Gasteiger partial charge on any atom is -0.434 e. The van der Waals surface area contributed by atoms with Crippen molar-refractivity contribution in [1.82, 2.24) is 14.9 Å². The maximum absolute atomic E-state index is 12.5. The lowest BCUT2D eigenvalue weighted by Crippen LogP contribution is -2.31. The Bertz CT molecular complexity index is 694. The lowest BCUT2D eigenvalue weighted by atomic mass is 10.1. The van der Waals surface area contributed by atoms with Crippen molar-refractivity contribution in [3.05, 3.63) is 53.1 Å². The fourth-order valence-electron chi connectivity index (χ4n) is 2.98. The molecule has 0 fully saturated rings. The van der Waals surface area contributed by atoms with Crippen molar-refractivity contribution >= 4 is 0 Å². The van der Waals surface area contributed by atoms with Gasteiger partial charge in [-0.2, -0.15) is 8.78 Å². The second-order valence-corrected chi connectivity index (χ2v) is 5.96. The molecule has 128 valence electrons. The van der Waals surface area contributed by atoms with Crippen molar-refractivity contribution < 1.29 is 13.5 Å². The maximum atomic E-state index is 12.5. The molecule has 1 aromatic heterocycles. The fraction of sp³-hybridized carbons (Fsp3) is 0.444. The molecule has 24 heavy (non-hydrogen) atoms. The summed E-state index contributed by atoms with van der Waals surface area (Å²) in [5.74, 6) is 1.15. The first-order chi connectivity index (χ1) is 11.7. The first-order valence-corrected chi connectivity index (χ1v) is 8.24. The minimum atomic E-state index is -2.81. The third-order valence-corrected chi connectivity index (χ3v) is 4.12. The van der Waals surface area contributed by atoms with Gasteiger partial charge < -0.3 is 4.74 Å². The third kappa shape index (κ3) is 4.06. The van der Waals surface area contributed by atoms with Gasteiger partial charge in [0.2, 0.25) is 0 Å². The predicted molar refractivity (Wildman–Crippen MR) is 86.9 cm³/mol. The number of alkyl halides is 2. The molecule has 1 aromatic carbocycles. The largest absolute Gasteiger partial charge is 0.434 e. The van der Waals surface area contributed by atoms with E-state index in [0.717, 1.165) is 55.0 Å². The molecule has 0 radical (unpaired) electrons. The van der Waals surface area contributed by atoms with Crippen LogP contribution in [-0.4, -0.2) is 28.0 Å². The molecule has 0 saturated carbocycles. The van der Waals surface area contributed by atoms with Crippen molar-refractivity contribution in [2.75, 3.05) is 6.54 Å². The first-order valence-electron chi connectivity index (χ1n) is 8.24. The quantitative estimate of drug-likeness (QED) is 0.810. The molecule has 2 heterocycles. The SMILES string of the molecule is CCCc1ncc2c(n1)CCN(Cc1ccccc1OC(F)F)C2. The Kier molecular flexibility index (Phi) is 5.35. The van der Waals surface area contributed by atoms with Gasteiger partial charge in [-0.1, -0.05) is 25.1 Å². The molecule has 2 aromatic rings. The standard InChI is InChI=1S/C18H21F2N3O/c1-2-5-17-21-10-14-12-23(9-8-15(14)22-17)11-13-6-3-4-7-16(13)24-18(19)20/h3-4,6-7,10,18H,2,5,8-9,11-12H2,1H3. The lowest BCUT2D eigenvalue weighted by molar-refractivity contribution is -0.0508. The zero-order valence-electron chi connectivity index (χ0n) is 13.7. The van der Waals surface area contributed by atoms with Crippen LogP contribution in [0, 0.1) is 0 Å². The van der Waals surface area contributed by atoms with E-state index in [9.17, 15) is 8.78 Å². The highest BCUT2D eigenvalue weighted by Gasteiger charge is 2.20. The van der Waals surface area contributed by atoms with Crippen LogP contribution >= 0.6 is 0 Å². The van der Waals surface area contributed by atoms with Gasteiger partial charge in [-0.05, 0) is 12.5 Å². The van der Waals surface area contributed by atoms with Gasteiger partial charge in [0, 0.05) is 55.5 Å². The predicted octanol–water partition coefficient (Wildman–Crippen LogP) is 3.59. The Morgan fingerprint density at radius 3 is 2.92 bits per heavy atom. The van der Waals surface area contributed by atoms with Gasteiger partial charge in [-0.25, -0.2) is 9.97 Å². The molecule has 0 N–H and O–H groups in total. The summed E-state index contributed by atoms with van der Waals surface area (Å²) < 4.78 is 29.7. The van der Waals surface area contributed by atoms with E-state index in [1.165, 1.54) is 0 Å². The molecule has 1 aliphatic heterocycles. The number of ether oxygens (including phenoxy) is 1. The van der Waals surface area contributed by atoms with Crippen LogP contribution in [0.1, 0.15) is 36.0 Å². The number of rotatable bonds is 6. The van der Waals surface area contributed by atoms with Crippen LogP contribution in [0.4, 0.5) is 8.78 Å². The van der Waals surface area contributed by atoms with Crippen LogP contribution in [0.15, 0.2) is 30.5 Å². The van der Waals surface area contributed by atoms with Crippen molar-refractivity contribution in [1.29, 1.82) is 0 Å². The van der Waals surface area contributed by atoms with Crippen LogP contribution in [0.25, 0.3) is 0 Å². The number of hydrogen-bond acceptors (Lipinski definition) is 4. The zero-order valence-corrected chi connectivity index (χ0v) is 13.7. The van der Waals surface area contributed by atoms with Crippen LogP contribution < -0.4 is 4.74 Å². The van der Waals surface area contributed by atoms with Gasteiger partial charge >= 0.3 is 6.61 Å². The summed E-state index contributed by atoms with van der Waals surface area (Å²) in [6, 6.07) is 6.95.